The normalized spacial score (nSPS) is 11.6. The van der Waals surface area contributed by atoms with Crippen LogP contribution >= 0.6 is 0 Å². The molecule has 2 aromatic heterocycles. The molecule has 0 aliphatic carbocycles. The van der Waals surface area contributed by atoms with Crippen molar-refractivity contribution in [3.63, 3.8) is 0 Å². The van der Waals surface area contributed by atoms with Crippen molar-refractivity contribution < 1.29 is 8.91 Å². The number of halogens is 1. The van der Waals surface area contributed by atoms with E-state index in [0.717, 1.165) is 22.5 Å². The predicted molar refractivity (Wildman–Crippen MR) is 94.7 cm³/mol. The Morgan fingerprint density at radius 3 is 2.48 bits per heavy atom. The molecular weight excluding hydrogens is 319 g/mol. The van der Waals surface area contributed by atoms with Gasteiger partial charge in [0.1, 0.15) is 5.82 Å². The molecule has 25 heavy (non-hydrogen) atoms. The Morgan fingerprint density at radius 1 is 1.16 bits per heavy atom. The molecule has 0 saturated carbocycles. The number of nitrogens with one attached hydrogen (secondary N) is 1. The van der Waals surface area contributed by atoms with Crippen LogP contribution in [0.3, 0.4) is 0 Å². The predicted octanol–water partition coefficient (Wildman–Crippen LogP) is 4.49. The van der Waals surface area contributed by atoms with Crippen LogP contribution in [0.2, 0.25) is 0 Å². The summed E-state index contributed by atoms with van der Waals surface area (Å²) < 4.78 is 18.4. The van der Waals surface area contributed by atoms with E-state index in [2.05, 4.69) is 41.2 Å². The van der Waals surface area contributed by atoms with E-state index in [0.29, 0.717) is 18.3 Å². The van der Waals surface area contributed by atoms with Crippen LogP contribution in [0.5, 0.6) is 0 Å². The summed E-state index contributed by atoms with van der Waals surface area (Å²) in [6.45, 7) is 8.66. The molecule has 5 nitrogen and oxygen atoms in total. The highest BCUT2D eigenvalue weighted by Gasteiger charge is 2.24. The first-order chi connectivity index (χ1) is 11.8. The van der Waals surface area contributed by atoms with Gasteiger partial charge in [-0.1, -0.05) is 38.1 Å². The molecule has 2 heterocycles. The molecule has 0 aliphatic rings. The Hall–Kier alpha value is -2.76. The van der Waals surface area contributed by atoms with Crippen molar-refractivity contribution in [1.82, 2.24) is 15.1 Å². The first kappa shape index (κ1) is 17.1. The van der Waals surface area contributed by atoms with Gasteiger partial charge in [0.25, 0.3) is 0 Å². The topological polar surface area (TPSA) is 63.8 Å². The van der Waals surface area contributed by atoms with Crippen LogP contribution in [0.25, 0.3) is 11.3 Å². The first-order valence-electron chi connectivity index (χ1n) is 8.12. The molecule has 6 heteroatoms. The van der Waals surface area contributed by atoms with E-state index in [-0.39, 0.29) is 11.2 Å². The molecule has 3 rings (SSSR count). The van der Waals surface area contributed by atoms with E-state index in [1.54, 1.807) is 18.3 Å². The number of hydrogen-bond donors (Lipinski definition) is 1. The summed E-state index contributed by atoms with van der Waals surface area (Å²) in [6, 6.07) is 8.22. The van der Waals surface area contributed by atoms with Crippen LogP contribution < -0.4 is 5.32 Å². The number of rotatable bonds is 4. The van der Waals surface area contributed by atoms with Crippen LogP contribution in [-0.4, -0.2) is 15.1 Å². The zero-order chi connectivity index (χ0) is 18.0. The van der Waals surface area contributed by atoms with E-state index < -0.39 is 0 Å². The molecule has 130 valence electrons. The molecule has 0 amide bonds. The van der Waals surface area contributed by atoms with E-state index in [1.165, 1.54) is 12.1 Å². The SMILES string of the molecule is Cc1cc(-c2cnc(NCc3ccc(F)cc3)nc2C(C)(C)C)on1. The quantitative estimate of drug-likeness (QED) is 0.758. The van der Waals surface area contributed by atoms with Crippen LogP contribution in [0, 0.1) is 12.7 Å². The van der Waals surface area contributed by atoms with Crippen LogP contribution in [-0.2, 0) is 12.0 Å². The van der Waals surface area contributed by atoms with Gasteiger partial charge >= 0.3 is 0 Å². The summed E-state index contributed by atoms with van der Waals surface area (Å²) >= 11 is 0. The molecular formula is C19H21FN4O. The Bertz CT molecular complexity index is 866. The maximum absolute atomic E-state index is 13.0. The molecule has 0 spiro atoms. The monoisotopic (exact) mass is 340 g/mol. The Labute approximate surface area is 146 Å². The van der Waals surface area contributed by atoms with Gasteiger partial charge in [0, 0.05) is 24.2 Å². The smallest absolute Gasteiger partial charge is 0.223 e. The van der Waals surface area contributed by atoms with E-state index in [4.69, 9.17) is 4.52 Å². The average molecular weight is 340 g/mol. The molecule has 0 atom stereocenters. The minimum atomic E-state index is -0.248. The van der Waals surface area contributed by atoms with Crippen molar-refractivity contribution >= 4 is 5.95 Å². The Balaban J connectivity index is 1.87. The highest BCUT2D eigenvalue weighted by atomic mass is 19.1. The van der Waals surface area contributed by atoms with Crippen molar-refractivity contribution in [1.29, 1.82) is 0 Å². The second kappa shape index (κ2) is 6.63. The number of nitrogens with zero attached hydrogens (tertiary/aromatic N) is 3. The largest absolute Gasteiger partial charge is 0.356 e. The first-order valence-corrected chi connectivity index (χ1v) is 8.12. The summed E-state index contributed by atoms with van der Waals surface area (Å²) in [5.41, 5.74) is 3.29. The minimum absolute atomic E-state index is 0.189. The summed E-state index contributed by atoms with van der Waals surface area (Å²) in [6.07, 6.45) is 1.75. The maximum atomic E-state index is 13.0. The third kappa shape index (κ3) is 4.02. The van der Waals surface area contributed by atoms with Crippen LogP contribution in [0.1, 0.15) is 37.7 Å². The summed E-state index contributed by atoms with van der Waals surface area (Å²) in [4.78, 5) is 9.07. The van der Waals surface area contributed by atoms with E-state index in [1.807, 2.05) is 13.0 Å². The fourth-order valence-electron chi connectivity index (χ4n) is 2.49. The van der Waals surface area contributed by atoms with E-state index in [9.17, 15) is 4.39 Å². The molecule has 0 bridgehead atoms. The van der Waals surface area contributed by atoms with E-state index >= 15 is 0 Å². The lowest BCUT2D eigenvalue weighted by molar-refractivity contribution is 0.425. The van der Waals surface area contributed by atoms with Crippen molar-refractivity contribution in [3.05, 3.63) is 59.3 Å². The lowest BCUT2D eigenvalue weighted by atomic mass is 9.88. The zero-order valence-corrected chi connectivity index (χ0v) is 14.8. The Kier molecular flexibility index (Phi) is 4.53. The molecule has 1 aromatic carbocycles. The number of hydrogen-bond acceptors (Lipinski definition) is 5. The second-order valence-corrected chi connectivity index (χ2v) is 7.02. The number of anilines is 1. The summed E-state index contributed by atoms with van der Waals surface area (Å²) in [7, 11) is 0. The lowest BCUT2D eigenvalue weighted by Gasteiger charge is -2.21. The fourth-order valence-corrected chi connectivity index (χ4v) is 2.49. The van der Waals surface area contributed by atoms with Crippen LogP contribution in [0.4, 0.5) is 10.3 Å². The number of aryl methyl sites for hydroxylation is 1. The van der Waals surface area contributed by atoms with Gasteiger partial charge < -0.3 is 9.84 Å². The molecule has 0 aliphatic heterocycles. The molecule has 0 radical (unpaired) electrons. The van der Waals surface area contributed by atoms with Gasteiger partial charge in [0.2, 0.25) is 5.95 Å². The molecule has 0 saturated heterocycles. The zero-order valence-electron chi connectivity index (χ0n) is 14.8. The van der Waals surface area contributed by atoms with Gasteiger partial charge in [0.05, 0.1) is 17.0 Å². The lowest BCUT2D eigenvalue weighted by Crippen LogP contribution is -2.17. The number of benzene rings is 1. The number of aromatic nitrogens is 3. The average Bonchev–Trinajstić information content (AvgIpc) is 3.00. The van der Waals surface area contributed by atoms with Gasteiger partial charge in [-0.2, -0.15) is 0 Å². The minimum Gasteiger partial charge on any atom is -0.356 e. The third-order valence-electron chi connectivity index (χ3n) is 3.76. The standard InChI is InChI=1S/C19H21FN4O/c1-12-9-16(25-24-12)15-11-22-18(23-17(15)19(2,3)4)21-10-13-5-7-14(20)8-6-13/h5-9,11H,10H2,1-4H3,(H,21,22,23). The van der Waals surface area contributed by atoms with Crippen molar-refractivity contribution in [2.45, 2.75) is 39.7 Å². The molecule has 0 unspecified atom stereocenters. The molecule has 1 N–H and O–H groups in total. The second-order valence-electron chi connectivity index (χ2n) is 7.02. The van der Waals surface area contributed by atoms with Gasteiger partial charge in [-0.3, -0.25) is 0 Å². The highest BCUT2D eigenvalue weighted by Crippen LogP contribution is 2.32. The highest BCUT2D eigenvalue weighted by molar-refractivity contribution is 5.62. The summed E-state index contributed by atoms with van der Waals surface area (Å²) in [5, 5.41) is 7.13. The fraction of sp³-hybridized carbons (Fsp3) is 0.316. The Morgan fingerprint density at radius 2 is 1.88 bits per heavy atom. The van der Waals surface area contributed by atoms with Gasteiger partial charge in [-0.05, 0) is 24.6 Å². The van der Waals surface area contributed by atoms with Gasteiger partial charge in [-0.25, -0.2) is 14.4 Å². The van der Waals surface area contributed by atoms with Gasteiger partial charge in [-0.15, -0.1) is 0 Å². The molecule has 0 fully saturated rings. The van der Waals surface area contributed by atoms with Crippen LogP contribution in [0.15, 0.2) is 41.1 Å². The molecule has 3 aromatic rings. The summed E-state index contributed by atoms with van der Waals surface area (Å²) in [5.74, 6) is 0.934. The maximum Gasteiger partial charge on any atom is 0.223 e. The third-order valence-corrected chi connectivity index (χ3v) is 3.76. The van der Waals surface area contributed by atoms with Crippen molar-refractivity contribution in [3.8, 4) is 11.3 Å². The van der Waals surface area contributed by atoms with Crippen molar-refractivity contribution in [2.24, 2.45) is 0 Å². The van der Waals surface area contributed by atoms with Crippen molar-refractivity contribution in [2.75, 3.05) is 5.32 Å². The van der Waals surface area contributed by atoms with Gasteiger partial charge in [0.15, 0.2) is 5.76 Å².